The Kier molecular flexibility index (Phi) is 15.9. The summed E-state index contributed by atoms with van der Waals surface area (Å²) >= 11 is 0. The molecule has 3 saturated heterocycles. The highest BCUT2D eigenvalue weighted by atomic mass is 28.4. The summed E-state index contributed by atoms with van der Waals surface area (Å²) in [4.78, 5) is 20.1. The zero-order valence-corrected chi connectivity index (χ0v) is 47.2. The molecule has 9 nitrogen and oxygen atoms in total. The van der Waals surface area contributed by atoms with E-state index < -0.39 is 22.2 Å². The van der Waals surface area contributed by atoms with Crippen LogP contribution in [0.2, 0.25) is 21.7 Å². The van der Waals surface area contributed by atoms with Crippen molar-refractivity contribution in [1.82, 2.24) is 19.9 Å². The minimum Gasteiger partial charge on any atom is -0.468 e. The molecule has 0 amide bonds. The number of halogens is 1. The number of aromatic nitrogens is 3. The highest BCUT2D eigenvalue weighted by Crippen LogP contribution is 2.46. The van der Waals surface area contributed by atoms with E-state index in [0.29, 0.717) is 52.4 Å². The van der Waals surface area contributed by atoms with Gasteiger partial charge in [0.05, 0.1) is 17.5 Å². The molecular formula is C61H78FN5O4Si2. The zero-order valence-electron chi connectivity index (χ0n) is 45.2. The van der Waals surface area contributed by atoms with Crippen LogP contribution in [-0.4, -0.2) is 94.6 Å². The standard InChI is InChI=1S/C61H78FN5O4Si2/c1-43(2)72(44(3)4,45(5)6)36-30-46-23-21-24-47-37-49(70-42-68-10)38-52(54(46)47)56-55(62)57-53(39-63-56)58(66-33-19-11-12-20-34-66)65-59(64-57)69-41-61-31-22-35-67(61)48(29-32-61)40-71-73(60(7,8)9,50-25-15-13-16-26-50)51-27-17-14-18-28-51/h13-18,21,23-28,37-39,43-45,48H,11-12,19-20,22,29,31-35,40-42H2,1-10H3/t48-,61-/m1/s1. The highest BCUT2D eigenvalue weighted by Gasteiger charge is 2.54. The van der Waals surface area contributed by atoms with E-state index in [1.54, 1.807) is 13.3 Å². The number of nitrogens with zero attached hydrogens (tertiary/aromatic N) is 5. The largest absolute Gasteiger partial charge is 0.468 e. The SMILES string of the molecule is COCOc1cc(-c2ncc3c(N4CCCCCC4)nc(OC[C@]45CCCN4[C@@H](CO[Si](c4ccccc4)(c4ccccc4)C(C)(C)C)CC5)nc3c2F)c2c(C#C[Si](C(C)C)(C(C)C)C(C)C)cccc2c1. The van der Waals surface area contributed by atoms with E-state index in [9.17, 15) is 0 Å². The Hall–Kier alpha value is -5.17. The second kappa shape index (κ2) is 22.0. The summed E-state index contributed by atoms with van der Waals surface area (Å²) < 4.78 is 43.9. The number of fused-ring (bicyclic) bond motifs is 3. The number of methoxy groups -OCH3 is 1. The van der Waals surface area contributed by atoms with Crippen LogP contribution in [0.3, 0.4) is 0 Å². The summed E-state index contributed by atoms with van der Waals surface area (Å²) in [7, 11) is -3.26. The Balaban J connectivity index is 1.09. The molecule has 9 rings (SSSR count). The first-order valence-electron chi connectivity index (χ1n) is 27.1. The monoisotopic (exact) mass is 1020 g/mol. The molecule has 3 aliphatic heterocycles. The summed E-state index contributed by atoms with van der Waals surface area (Å²) in [5.41, 5.74) is 6.91. The quantitative estimate of drug-likeness (QED) is 0.0535. The number of rotatable bonds is 16. The minimum absolute atomic E-state index is 0.0456. The molecule has 2 atom stereocenters. The van der Waals surface area contributed by atoms with Crippen molar-refractivity contribution in [3.8, 4) is 34.5 Å². The molecule has 3 fully saturated rings. The van der Waals surface area contributed by atoms with Gasteiger partial charge in [0, 0.05) is 49.0 Å². The van der Waals surface area contributed by atoms with Gasteiger partial charge in [0.2, 0.25) is 0 Å². The van der Waals surface area contributed by atoms with Gasteiger partial charge in [0.25, 0.3) is 8.32 Å². The van der Waals surface area contributed by atoms with Crippen LogP contribution in [0.4, 0.5) is 10.2 Å². The molecule has 0 spiro atoms. The van der Waals surface area contributed by atoms with Crippen molar-refractivity contribution in [3.05, 3.63) is 109 Å². The predicted octanol–water partition coefficient (Wildman–Crippen LogP) is 12.9. The average Bonchev–Trinajstić information content (AvgIpc) is 3.82. The molecule has 386 valence electrons. The summed E-state index contributed by atoms with van der Waals surface area (Å²) in [6, 6.07) is 32.2. The number of hydrogen-bond donors (Lipinski definition) is 0. The van der Waals surface area contributed by atoms with Crippen molar-refractivity contribution in [3.63, 3.8) is 0 Å². The van der Waals surface area contributed by atoms with Crippen LogP contribution < -0.4 is 24.7 Å². The predicted molar refractivity (Wildman–Crippen MR) is 302 cm³/mol. The number of benzene rings is 4. The summed E-state index contributed by atoms with van der Waals surface area (Å²) in [5, 5.41) is 4.76. The van der Waals surface area contributed by atoms with Gasteiger partial charge in [0.15, 0.2) is 12.6 Å². The van der Waals surface area contributed by atoms with Crippen LogP contribution in [0, 0.1) is 17.3 Å². The van der Waals surface area contributed by atoms with Gasteiger partial charge in [-0.3, -0.25) is 9.88 Å². The topological polar surface area (TPSA) is 82.1 Å². The maximum atomic E-state index is 18.1. The normalized spacial score (nSPS) is 18.9. The molecule has 0 aliphatic carbocycles. The molecule has 5 heterocycles. The number of pyridine rings is 1. The molecule has 73 heavy (non-hydrogen) atoms. The van der Waals surface area contributed by atoms with E-state index in [4.69, 9.17) is 33.6 Å². The second-order valence-corrected chi connectivity index (χ2v) is 32.8. The molecule has 0 bridgehead atoms. The van der Waals surface area contributed by atoms with Crippen molar-refractivity contribution in [2.45, 2.75) is 147 Å². The molecule has 3 aliphatic rings. The third kappa shape index (κ3) is 10.1. The average molecular weight is 1020 g/mol. The van der Waals surface area contributed by atoms with Crippen molar-refractivity contribution in [2.24, 2.45) is 0 Å². The summed E-state index contributed by atoms with van der Waals surface area (Å²) in [5.74, 6) is 4.41. The molecule has 0 radical (unpaired) electrons. The van der Waals surface area contributed by atoms with Gasteiger partial charge >= 0.3 is 6.01 Å². The summed E-state index contributed by atoms with van der Waals surface area (Å²) in [6.07, 6.45) is 10.2. The fourth-order valence-corrected chi connectivity index (χ4v) is 23.1. The Morgan fingerprint density at radius 3 is 2.08 bits per heavy atom. The van der Waals surface area contributed by atoms with Crippen LogP contribution in [0.25, 0.3) is 32.9 Å². The van der Waals surface area contributed by atoms with Gasteiger partial charge in [0.1, 0.15) is 37.5 Å². The maximum Gasteiger partial charge on any atom is 0.319 e. The lowest BCUT2D eigenvalue weighted by molar-refractivity contribution is 0.0512. The van der Waals surface area contributed by atoms with Gasteiger partial charge in [-0.25, -0.2) is 4.39 Å². The van der Waals surface area contributed by atoms with Gasteiger partial charge in [-0.2, -0.15) is 9.97 Å². The third-order valence-corrected chi connectivity index (χ3v) is 28.1. The van der Waals surface area contributed by atoms with Crippen LogP contribution in [0.15, 0.2) is 97.2 Å². The van der Waals surface area contributed by atoms with E-state index in [1.165, 1.54) is 10.4 Å². The van der Waals surface area contributed by atoms with Gasteiger partial charge in [-0.05, 0) is 101 Å². The number of ether oxygens (including phenoxy) is 3. The molecule has 4 aromatic carbocycles. The van der Waals surface area contributed by atoms with E-state index in [0.717, 1.165) is 87.3 Å². The lowest BCUT2D eigenvalue weighted by Crippen LogP contribution is -2.67. The van der Waals surface area contributed by atoms with Gasteiger partial charge in [-0.1, -0.05) is 154 Å². The molecule has 0 saturated carbocycles. The first-order chi connectivity index (χ1) is 35.1. The zero-order chi connectivity index (χ0) is 51.5. The highest BCUT2D eigenvalue weighted by molar-refractivity contribution is 6.99. The fourth-order valence-electron chi connectivity index (χ4n) is 13.3. The third-order valence-electron chi connectivity index (χ3n) is 16.8. The fraction of sp³-hybridized carbons (Fsp3) is 0.492. The van der Waals surface area contributed by atoms with E-state index in [1.807, 2.05) is 24.3 Å². The number of hydrogen-bond acceptors (Lipinski definition) is 9. The second-order valence-electron chi connectivity index (χ2n) is 23.0. The molecule has 0 N–H and O–H groups in total. The van der Waals surface area contributed by atoms with Crippen molar-refractivity contribution in [2.75, 3.05) is 51.7 Å². The van der Waals surface area contributed by atoms with Gasteiger partial charge in [-0.15, -0.1) is 5.54 Å². The Labute approximate surface area is 436 Å². The van der Waals surface area contributed by atoms with Crippen molar-refractivity contribution in [1.29, 1.82) is 0 Å². The van der Waals surface area contributed by atoms with E-state index >= 15 is 4.39 Å². The number of anilines is 1. The van der Waals surface area contributed by atoms with Crippen LogP contribution in [0.5, 0.6) is 11.8 Å². The summed E-state index contributed by atoms with van der Waals surface area (Å²) in [6.45, 7) is 24.7. The van der Waals surface area contributed by atoms with Crippen LogP contribution >= 0.6 is 0 Å². The Morgan fingerprint density at radius 1 is 0.781 bits per heavy atom. The van der Waals surface area contributed by atoms with E-state index in [2.05, 4.69) is 150 Å². The smallest absolute Gasteiger partial charge is 0.319 e. The molecule has 0 unspecified atom stereocenters. The molecule has 12 heteroatoms. The molecule has 2 aromatic heterocycles. The minimum atomic E-state index is -2.74. The lowest BCUT2D eigenvalue weighted by Gasteiger charge is -2.44. The maximum absolute atomic E-state index is 18.1. The molecule has 6 aromatic rings. The van der Waals surface area contributed by atoms with Crippen LogP contribution in [-0.2, 0) is 9.16 Å². The first-order valence-corrected chi connectivity index (χ1v) is 31.3. The Morgan fingerprint density at radius 2 is 1.45 bits per heavy atom. The van der Waals surface area contributed by atoms with Crippen molar-refractivity contribution >= 4 is 54.3 Å². The van der Waals surface area contributed by atoms with Gasteiger partial charge < -0.3 is 23.5 Å². The lowest BCUT2D eigenvalue weighted by atomic mass is 9.95. The Bertz CT molecular complexity index is 2870. The first kappa shape index (κ1) is 52.7. The van der Waals surface area contributed by atoms with Crippen molar-refractivity contribution < 1.29 is 23.0 Å². The van der Waals surface area contributed by atoms with Crippen LogP contribution in [0.1, 0.15) is 119 Å². The molecular weight excluding hydrogens is 942 g/mol. The van der Waals surface area contributed by atoms with E-state index in [-0.39, 0.29) is 40.6 Å².